The van der Waals surface area contributed by atoms with E-state index < -0.39 is 0 Å². The first-order valence-electron chi connectivity index (χ1n) is 8.38. The molecule has 2 heterocycles. The Morgan fingerprint density at radius 3 is 2.62 bits per heavy atom. The third-order valence-electron chi connectivity index (χ3n) is 4.75. The molecule has 2 aliphatic heterocycles. The molecule has 4 N–H and O–H groups in total. The molecule has 0 unspecified atom stereocenters. The van der Waals surface area contributed by atoms with Gasteiger partial charge in [0.1, 0.15) is 5.84 Å². The molecule has 1 saturated heterocycles. The number of para-hydroxylation sites is 2. The average molecular weight is 338 g/mol. The molecule has 5 heteroatoms. The molecule has 4 rings (SSSR count). The van der Waals surface area contributed by atoms with E-state index in [1.807, 2.05) is 30.0 Å². The van der Waals surface area contributed by atoms with Crippen molar-refractivity contribution in [3.05, 3.63) is 54.1 Å². The van der Waals surface area contributed by atoms with Crippen molar-refractivity contribution in [2.24, 2.45) is 4.99 Å². The van der Waals surface area contributed by atoms with Crippen LogP contribution in [-0.2, 0) is 6.54 Å². The van der Waals surface area contributed by atoms with Gasteiger partial charge in [-0.1, -0.05) is 24.3 Å². The van der Waals surface area contributed by atoms with Gasteiger partial charge in [0.05, 0.1) is 16.9 Å². The second kappa shape index (κ2) is 6.40. The largest absolute Gasteiger partial charge is 0.399 e. The highest BCUT2D eigenvalue weighted by atomic mass is 32.2. The molecule has 0 aliphatic carbocycles. The SMILES string of the molecule is Nc1ccc(CNC2=Nc3ccccc3NC23CCSCC3)cc1. The first-order valence-corrected chi connectivity index (χ1v) is 9.53. The molecule has 1 spiro atoms. The molecule has 0 bridgehead atoms. The van der Waals surface area contributed by atoms with Crippen molar-refractivity contribution >= 4 is 34.7 Å². The fourth-order valence-electron chi connectivity index (χ4n) is 3.33. The molecule has 0 atom stereocenters. The molecular formula is C19H22N4S. The average Bonchev–Trinajstić information content (AvgIpc) is 2.62. The molecule has 2 aromatic carbocycles. The highest BCUT2D eigenvalue weighted by Gasteiger charge is 2.40. The van der Waals surface area contributed by atoms with Gasteiger partial charge in [0.25, 0.3) is 0 Å². The van der Waals surface area contributed by atoms with E-state index in [0.29, 0.717) is 0 Å². The number of nitrogens with zero attached hydrogens (tertiary/aromatic N) is 1. The molecule has 4 nitrogen and oxygen atoms in total. The lowest BCUT2D eigenvalue weighted by Crippen LogP contribution is -2.55. The highest BCUT2D eigenvalue weighted by molar-refractivity contribution is 7.99. The van der Waals surface area contributed by atoms with Crippen molar-refractivity contribution in [1.82, 2.24) is 5.32 Å². The Morgan fingerprint density at radius 2 is 1.83 bits per heavy atom. The summed E-state index contributed by atoms with van der Waals surface area (Å²) in [6.45, 7) is 0.762. The Labute approximate surface area is 146 Å². The lowest BCUT2D eigenvalue weighted by molar-refractivity contribution is 0.543. The minimum atomic E-state index is -0.0621. The van der Waals surface area contributed by atoms with Crippen molar-refractivity contribution in [3.8, 4) is 0 Å². The van der Waals surface area contributed by atoms with Crippen LogP contribution in [0.25, 0.3) is 0 Å². The van der Waals surface area contributed by atoms with Crippen LogP contribution in [0.5, 0.6) is 0 Å². The zero-order chi connectivity index (χ0) is 16.4. The third-order valence-corrected chi connectivity index (χ3v) is 5.74. The van der Waals surface area contributed by atoms with Gasteiger partial charge in [-0.05, 0) is 54.2 Å². The lowest BCUT2D eigenvalue weighted by Gasteiger charge is -2.42. The normalized spacial score (nSPS) is 18.4. The van der Waals surface area contributed by atoms with Crippen LogP contribution in [0.1, 0.15) is 18.4 Å². The number of benzene rings is 2. The number of thioether (sulfide) groups is 1. The second-order valence-electron chi connectivity index (χ2n) is 6.39. The molecular weight excluding hydrogens is 316 g/mol. The van der Waals surface area contributed by atoms with E-state index in [2.05, 4.69) is 41.0 Å². The summed E-state index contributed by atoms with van der Waals surface area (Å²) in [5.41, 5.74) is 9.88. The zero-order valence-corrected chi connectivity index (χ0v) is 14.4. The maximum atomic E-state index is 5.77. The van der Waals surface area contributed by atoms with E-state index >= 15 is 0 Å². The molecule has 124 valence electrons. The van der Waals surface area contributed by atoms with Gasteiger partial charge < -0.3 is 16.4 Å². The summed E-state index contributed by atoms with van der Waals surface area (Å²) in [6, 6.07) is 16.3. The standard InChI is InChI=1S/C19H22N4S/c20-15-7-5-14(6-8-15)13-21-18-19(9-11-24-12-10-19)23-17-4-2-1-3-16(17)22-18/h1-8,23H,9-13,20H2,(H,21,22). The third kappa shape index (κ3) is 2.96. The van der Waals surface area contributed by atoms with Crippen LogP contribution in [0.3, 0.4) is 0 Å². The maximum Gasteiger partial charge on any atom is 0.128 e. The van der Waals surface area contributed by atoms with Crippen LogP contribution in [-0.4, -0.2) is 22.9 Å². The smallest absolute Gasteiger partial charge is 0.128 e. The predicted molar refractivity (Wildman–Crippen MR) is 104 cm³/mol. The molecule has 0 amide bonds. The van der Waals surface area contributed by atoms with Crippen molar-refractivity contribution in [3.63, 3.8) is 0 Å². The second-order valence-corrected chi connectivity index (χ2v) is 7.62. The predicted octanol–water partition coefficient (Wildman–Crippen LogP) is 3.78. The van der Waals surface area contributed by atoms with Crippen LogP contribution in [0.4, 0.5) is 17.1 Å². The summed E-state index contributed by atoms with van der Waals surface area (Å²) in [4.78, 5) is 4.96. The molecule has 2 aromatic rings. The van der Waals surface area contributed by atoms with E-state index in [4.69, 9.17) is 10.7 Å². The number of nitrogens with one attached hydrogen (secondary N) is 2. The fourth-order valence-corrected chi connectivity index (χ4v) is 4.52. The van der Waals surface area contributed by atoms with Crippen LogP contribution in [0, 0.1) is 0 Å². The number of rotatable bonds is 2. The Morgan fingerprint density at radius 1 is 1.08 bits per heavy atom. The topological polar surface area (TPSA) is 62.4 Å². The Bertz CT molecular complexity index is 748. The number of nitrogens with two attached hydrogens (primary N) is 1. The molecule has 24 heavy (non-hydrogen) atoms. The molecule has 0 saturated carbocycles. The quantitative estimate of drug-likeness (QED) is 0.729. The Balaban J connectivity index is 1.61. The number of hydrogen-bond donors (Lipinski definition) is 3. The van der Waals surface area contributed by atoms with Crippen LogP contribution in [0.2, 0.25) is 0 Å². The summed E-state index contributed by atoms with van der Waals surface area (Å²) in [6.07, 6.45) is 2.19. The van der Waals surface area contributed by atoms with E-state index in [9.17, 15) is 0 Å². The highest BCUT2D eigenvalue weighted by Crippen LogP contribution is 2.39. The molecule has 0 aromatic heterocycles. The van der Waals surface area contributed by atoms with Gasteiger partial charge in [-0.25, -0.2) is 4.99 Å². The van der Waals surface area contributed by atoms with Gasteiger partial charge >= 0.3 is 0 Å². The number of fused-ring (bicyclic) bond motifs is 1. The maximum absolute atomic E-state index is 5.77. The zero-order valence-electron chi connectivity index (χ0n) is 13.6. The van der Waals surface area contributed by atoms with Gasteiger partial charge in [0.2, 0.25) is 0 Å². The Hall–Kier alpha value is -2.14. The van der Waals surface area contributed by atoms with Gasteiger partial charge in [-0.15, -0.1) is 0 Å². The van der Waals surface area contributed by atoms with Gasteiger partial charge in [-0.2, -0.15) is 11.8 Å². The first kappa shape index (κ1) is 15.4. The Kier molecular flexibility index (Phi) is 4.10. The monoisotopic (exact) mass is 338 g/mol. The van der Waals surface area contributed by atoms with E-state index in [0.717, 1.165) is 53.8 Å². The lowest BCUT2D eigenvalue weighted by atomic mass is 9.88. The van der Waals surface area contributed by atoms with Gasteiger partial charge in [0, 0.05) is 12.2 Å². The summed E-state index contributed by atoms with van der Waals surface area (Å²) < 4.78 is 0. The number of hydrogen-bond acceptors (Lipinski definition) is 5. The van der Waals surface area contributed by atoms with Crippen molar-refractivity contribution in [2.45, 2.75) is 24.9 Å². The van der Waals surface area contributed by atoms with Crippen molar-refractivity contribution in [2.75, 3.05) is 22.6 Å². The van der Waals surface area contributed by atoms with Crippen molar-refractivity contribution < 1.29 is 0 Å². The summed E-state index contributed by atoms with van der Waals surface area (Å²) in [7, 11) is 0. The van der Waals surface area contributed by atoms with Crippen LogP contribution in [0.15, 0.2) is 53.5 Å². The summed E-state index contributed by atoms with van der Waals surface area (Å²) in [5, 5.41) is 7.38. The molecule has 2 aliphatic rings. The molecule has 1 fully saturated rings. The summed E-state index contributed by atoms with van der Waals surface area (Å²) in [5.74, 6) is 3.40. The number of nitrogen functional groups attached to an aromatic ring is 1. The van der Waals surface area contributed by atoms with Crippen molar-refractivity contribution in [1.29, 1.82) is 0 Å². The number of aliphatic imine (C=N–C) groups is 1. The van der Waals surface area contributed by atoms with E-state index in [1.54, 1.807) is 0 Å². The van der Waals surface area contributed by atoms with Gasteiger partial charge in [-0.3, -0.25) is 0 Å². The van der Waals surface area contributed by atoms with E-state index in [1.165, 1.54) is 5.56 Å². The fraction of sp³-hybridized carbons (Fsp3) is 0.316. The van der Waals surface area contributed by atoms with Crippen LogP contribution >= 0.6 is 11.8 Å². The van der Waals surface area contributed by atoms with E-state index in [-0.39, 0.29) is 5.54 Å². The number of anilines is 2. The minimum Gasteiger partial charge on any atom is -0.399 e. The minimum absolute atomic E-state index is 0.0621. The number of amidine groups is 1. The summed E-state index contributed by atoms with van der Waals surface area (Å²) >= 11 is 2.03. The molecule has 0 radical (unpaired) electrons. The van der Waals surface area contributed by atoms with Gasteiger partial charge in [0.15, 0.2) is 0 Å². The first-order chi connectivity index (χ1) is 11.8. The van der Waals surface area contributed by atoms with Crippen LogP contribution < -0.4 is 16.4 Å².